The molecule has 0 aliphatic carbocycles. The molecule has 1 rings (SSSR count). The summed E-state index contributed by atoms with van der Waals surface area (Å²) in [4.78, 5) is 4.52. The second kappa shape index (κ2) is 6.56. The predicted octanol–water partition coefficient (Wildman–Crippen LogP) is 3.45. The quantitative estimate of drug-likeness (QED) is 0.767. The second-order valence-electron chi connectivity index (χ2n) is 4.46. The van der Waals surface area contributed by atoms with Crippen LogP contribution in [0.25, 0.3) is 0 Å². The van der Waals surface area contributed by atoms with Crippen LogP contribution in [0.3, 0.4) is 0 Å². The highest BCUT2D eigenvalue weighted by molar-refractivity contribution is 5.28. The molecule has 92 valence electrons. The molecule has 0 bridgehead atoms. The fraction of sp³-hybridized carbons (Fsp3) is 0.769. The minimum absolute atomic E-state index is 0.757. The molecule has 3 nitrogen and oxygen atoms in total. The van der Waals surface area contributed by atoms with Gasteiger partial charge in [-0.1, -0.05) is 33.6 Å². The van der Waals surface area contributed by atoms with Gasteiger partial charge in [-0.2, -0.15) is 0 Å². The smallest absolute Gasteiger partial charge is 0.203 e. The largest absolute Gasteiger partial charge is 0.355 e. The molecule has 0 atom stereocenters. The third kappa shape index (κ3) is 3.54. The van der Waals surface area contributed by atoms with Crippen molar-refractivity contribution in [1.82, 2.24) is 9.55 Å². The number of aromatic nitrogens is 2. The summed E-state index contributed by atoms with van der Waals surface area (Å²) < 4.78 is 2.22. The third-order valence-corrected chi connectivity index (χ3v) is 3.07. The van der Waals surface area contributed by atoms with Crippen LogP contribution in [0.15, 0.2) is 6.20 Å². The van der Waals surface area contributed by atoms with E-state index in [4.69, 9.17) is 0 Å². The number of rotatable bonds is 7. The Balaban J connectivity index is 2.58. The third-order valence-electron chi connectivity index (χ3n) is 3.07. The molecular weight excluding hydrogens is 198 g/mol. The first-order valence-electron chi connectivity index (χ1n) is 6.48. The van der Waals surface area contributed by atoms with E-state index in [1.54, 1.807) is 0 Å². The van der Waals surface area contributed by atoms with Gasteiger partial charge in [0.1, 0.15) is 0 Å². The van der Waals surface area contributed by atoms with Gasteiger partial charge in [-0.15, -0.1) is 0 Å². The van der Waals surface area contributed by atoms with Gasteiger partial charge in [-0.05, 0) is 19.3 Å². The molecule has 1 aromatic heterocycles. The average Bonchev–Trinajstić information content (AvgIpc) is 2.61. The van der Waals surface area contributed by atoms with Gasteiger partial charge in [0.05, 0.1) is 5.69 Å². The normalized spacial score (nSPS) is 11.1. The van der Waals surface area contributed by atoms with Crippen LogP contribution >= 0.6 is 0 Å². The summed E-state index contributed by atoms with van der Waals surface area (Å²) in [5, 5.41) is 3.47. The Morgan fingerprint density at radius 2 is 2.00 bits per heavy atom. The maximum atomic E-state index is 4.52. The van der Waals surface area contributed by atoms with Crippen LogP contribution in [0.5, 0.6) is 0 Å². The van der Waals surface area contributed by atoms with Crippen molar-refractivity contribution in [3.63, 3.8) is 0 Å². The Labute approximate surface area is 99.3 Å². The van der Waals surface area contributed by atoms with E-state index in [0.717, 1.165) is 37.1 Å². The van der Waals surface area contributed by atoms with Crippen LogP contribution < -0.4 is 5.32 Å². The molecule has 1 heterocycles. The zero-order chi connectivity index (χ0) is 12.0. The van der Waals surface area contributed by atoms with Crippen LogP contribution in [0.1, 0.15) is 45.7 Å². The molecule has 0 amide bonds. The van der Waals surface area contributed by atoms with Gasteiger partial charge in [0.2, 0.25) is 5.95 Å². The first-order valence-corrected chi connectivity index (χ1v) is 6.48. The Bertz CT molecular complexity index is 300. The highest BCUT2D eigenvalue weighted by atomic mass is 15.2. The van der Waals surface area contributed by atoms with Crippen molar-refractivity contribution < 1.29 is 0 Å². The molecule has 0 fully saturated rings. The summed E-state index contributed by atoms with van der Waals surface area (Å²) in [5.41, 5.74) is 1.10. The lowest BCUT2D eigenvalue weighted by molar-refractivity contribution is 0.515. The van der Waals surface area contributed by atoms with Crippen LogP contribution in [0.4, 0.5) is 5.95 Å². The number of nitrogens with zero attached hydrogens (tertiary/aromatic N) is 2. The van der Waals surface area contributed by atoms with Gasteiger partial charge >= 0.3 is 0 Å². The lowest BCUT2D eigenvalue weighted by Gasteiger charge is -2.14. The molecule has 16 heavy (non-hydrogen) atoms. The van der Waals surface area contributed by atoms with Crippen molar-refractivity contribution in [3.8, 4) is 0 Å². The summed E-state index contributed by atoms with van der Waals surface area (Å²) in [5.74, 6) is 1.79. The number of aryl methyl sites for hydroxylation is 2. The number of hydrogen-bond donors (Lipinski definition) is 1. The van der Waals surface area contributed by atoms with Crippen LogP contribution in [-0.4, -0.2) is 16.1 Å². The van der Waals surface area contributed by atoms with E-state index >= 15 is 0 Å². The molecule has 0 saturated carbocycles. The molecule has 3 heteroatoms. The van der Waals surface area contributed by atoms with Crippen LogP contribution in [0.2, 0.25) is 0 Å². The lowest BCUT2D eigenvalue weighted by Crippen LogP contribution is -2.15. The Kier molecular flexibility index (Phi) is 5.36. The molecule has 0 aliphatic rings. The first kappa shape index (κ1) is 13.1. The van der Waals surface area contributed by atoms with E-state index < -0.39 is 0 Å². The summed E-state index contributed by atoms with van der Waals surface area (Å²) >= 11 is 0. The molecule has 0 spiro atoms. The maximum absolute atomic E-state index is 4.52. The standard InChI is InChI=1S/C13H25N3/c1-5-8-16-10-11(4)15-13(16)14-9-12(6-2)7-3/h10,12H,5-9H2,1-4H3,(H,14,15). The van der Waals surface area contributed by atoms with Crippen molar-refractivity contribution >= 4 is 5.95 Å². The zero-order valence-electron chi connectivity index (χ0n) is 11.1. The number of hydrogen-bond acceptors (Lipinski definition) is 2. The summed E-state index contributed by atoms with van der Waals surface area (Å²) in [6.45, 7) is 10.8. The van der Waals surface area contributed by atoms with Crippen LogP contribution in [-0.2, 0) is 6.54 Å². The maximum Gasteiger partial charge on any atom is 0.203 e. The fourth-order valence-corrected chi connectivity index (χ4v) is 1.91. The van der Waals surface area contributed by atoms with Crippen molar-refractivity contribution in [2.45, 2.75) is 53.5 Å². The first-order chi connectivity index (χ1) is 7.71. The van der Waals surface area contributed by atoms with Gasteiger partial charge in [0.15, 0.2) is 0 Å². The van der Waals surface area contributed by atoms with Gasteiger partial charge in [0, 0.05) is 19.3 Å². The predicted molar refractivity (Wildman–Crippen MR) is 69.8 cm³/mol. The topological polar surface area (TPSA) is 29.9 Å². The highest BCUT2D eigenvalue weighted by Gasteiger charge is 2.07. The fourth-order valence-electron chi connectivity index (χ4n) is 1.91. The Hall–Kier alpha value is -0.990. The minimum Gasteiger partial charge on any atom is -0.355 e. The molecule has 1 N–H and O–H groups in total. The van der Waals surface area contributed by atoms with Gasteiger partial charge in [0.25, 0.3) is 0 Å². The van der Waals surface area contributed by atoms with E-state index in [9.17, 15) is 0 Å². The van der Waals surface area contributed by atoms with Crippen LogP contribution in [0, 0.1) is 12.8 Å². The molecule has 0 radical (unpaired) electrons. The molecule has 0 unspecified atom stereocenters. The summed E-state index contributed by atoms with van der Waals surface area (Å²) in [7, 11) is 0. The Morgan fingerprint density at radius 1 is 1.31 bits per heavy atom. The zero-order valence-corrected chi connectivity index (χ0v) is 11.1. The minimum atomic E-state index is 0.757. The van der Waals surface area contributed by atoms with E-state index in [-0.39, 0.29) is 0 Å². The van der Waals surface area contributed by atoms with Crippen molar-refractivity contribution in [2.24, 2.45) is 5.92 Å². The second-order valence-corrected chi connectivity index (χ2v) is 4.46. The van der Waals surface area contributed by atoms with Crippen molar-refractivity contribution in [2.75, 3.05) is 11.9 Å². The molecule has 1 aromatic rings. The monoisotopic (exact) mass is 223 g/mol. The van der Waals surface area contributed by atoms with Crippen molar-refractivity contribution in [1.29, 1.82) is 0 Å². The number of imidazole rings is 1. The molecule has 0 aliphatic heterocycles. The number of anilines is 1. The number of nitrogens with one attached hydrogen (secondary N) is 1. The summed E-state index contributed by atoms with van der Waals surface area (Å²) in [6, 6.07) is 0. The van der Waals surface area contributed by atoms with E-state index in [1.165, 1.54) is 12.8 Å². The van der Waals surface area contributed by atoms with Gasteiger partial charge < -0.3 is 9.88 Å². The van der Waals surface area contributed by atoms with E-state index in [0.29, 0.717) is 0 Å². The molecule has 0 aromatic carbocycles. The summed E-state index contributed by atoms with van der Waals surface area (Å²) in [6.07, 6.45) is 5.74. The molecular formula is C13H25N3. The average molecular weight is 223 g/mol. The molecule has 0 saturated heterocycles. The lowest BCUT2D eigenvalue weighted by atomic mass is 10.0. The van der Waals surface area contributed by atoms with E-state index in [1.807, 2.05) is 0 Å². The van der Waals surface area contributed by atoms with Crippen molar-refractivity contribution in [3.05, 3.63) is 11.9 Å². The Morgan fingerprint density at radius 3 is 2.56 bits per heavy atom. The van der Waals surface area contributed by atoms with Gasteiger partial charge in [-0.3, -0.25) is 0 Å². The van der Waals surface area contributed by atoms with E-state index in [2.05, 4.69) is 48.8 Å². The van der Waals surface area contributed by atoms with Gasteiger partial charge in [-0.25, -0.2) is 4.98 Å². The SMILES string of the molecule is CCCn1cc(C)nc1NCC(CC)CC. The highest BCUT2D eigenvalue weighted by Crippen LogP contribution is 2.12.